The first kappa shape index (κ1) is 26.0. The summed E-state index contributed by atoms with van der Waals surface area (Å²) in [6, 6.07) is 7.50. The van der Waals surface area contributed by atoms with Crippen LogP contribution in [0.3, 0.4) is 0 Å². The summed E-state index contributed by atoms with van der Waals surface area (Å²) >= 11 is 0. The van der Waals surface area contributed by atoms with Gasteiger partial charge in [-0.2, -0.15) is 0 Å². The van der Waals surface area contributed by atoms with E-state index in [0.29, 0.717) is 55.2 Å². The molecule has 6 heteroatoms. The number of ketones is 1. The summed E-state index contributed by atoms with van der Waals surface area (Å²) < 4.78 is 30.9. The van der Waals surface area contributed by atoms with Crippen LogP contribution in [0.15, 0.2) is 35.4 Å². The van der Waals surface area contributed by atoms with Crippen molar-refractivity contribution in [1.29, 1.82) is 0 Å². The molecule has 198 valence electrons. The van der Waals surface area contributed by atoms with Crippen LogP contribution in [0.25, 0.3) is 0 Å². The molecular formula is C30H42O5S. The van der Waals surface area contributed by atoms with Crippen LogP contribution in [-0.4, -0.2) is 37.8 Å². The number of Topliss-reactive ketones (excluding diaryl/α,β-unsaturated/α-hetero) is 1. The van der Waals surface area contributed by atoms with Crippen molar-refractivity contribution in [2.24, 2.45) is 23.2 Å². The zero-order valence-electron chi connectivity index (χ0n) is 21.7. The Balaban J connectivity index is 1.24. The van der Waals surface area contributed by atoms with E-state index in [1.165, 1.54) is 5.57 Å². The number of ether oxygens (including phenoxy) is 1. The Hall–Kier alpha value is -1.66. The first-order chi connectivity index (χ1) is 17.3. The lowest BCUT2D eigenvalue weighted by Gasteiger charge is -2.52. The fourth-order valence-electron chi connectivity index (χ4n) is 8.09. The molecule has 0 aromatic heterocycles. The van der Waals surface area contributed by atoms with Crippen molar-refractivity contribution in [1.82, 2.24) is 0 Å². The lowest BCUT2D eigenvalue weighted by molar-refractivity contribution is -0.119. The number of carbonyl (C=O) groups is 1. The number of benzene rings is 1. The van der Waals surface area contributed by atoms with E-state index >= 15 is 0 Å². The van der Waals surface area contributed by atoms with Crippen LogP contribution in [0.1, 0.15) is 89.5 Å². The van der Waals surface area contributed by atoms with Crippen molar-refractivity contribution >= 4 is 15.6 Å². The molecule has 0 saturated heterocycles. The Morgan fingerprint density at radius 2 is 1.97 bits per heavy atom. The molecule has 0 aliphatic heterocycles. The predicted octanol–water partition coefficient (Wildman–Crippen LogP) is 5.80. The first-order valence-electron chi connectivity index (χ1n) is 14.1. The van der Waals surface area contributed by atoms with Crippen LogP contribution in [0.4, 0.5) is 0 Å². The summed E-state index contributed by atoms with van der Waals surface area (Å²) in [6.45, 7) is 2.54. The molecular weight excluding hydrogens is 472 g/mol. The topological polar surface area (TPSA) is 80.7 Å². The zero-order chi connectivity index (χ0) is 25.3. The van der Waals surface area contributed by atoms with Gasteiger partial charge in [-0.05, 0) is 93.2 Å². The highest BCUT2D eigenvalue weighted by molar-refractivity contribution is 7.90. The van der Waals surface area contributed by atoms with Gasteiger partial charge in [-0.3, -0.25) is 4.79 Å². The van der Waals surface area contributed by atoms with E-state index < -0.39 is 9.84 Å². The van der Waals surface area contributed by atoms with Crippen LogP contribution < -0.4 is 4.74 Å². The zero-order valence-corrected chi connectivity index (χ0v) is 22.5. The molecule has 0 amide bonds. The molecule has 1 N–H and O–H groups in total. The van der Waals surface area contributed by atoms with Gasteiger partial charge in [0.15, 0.2) is 9.84 Å². The average Bonchev–Trinajstić information content (AvgIpc) is 3.19. The van der Waals surface area contributed by atoms with Gasteiger partial charge >= 0.3 is 0 Å². The van der Waals surface area contributed by atoms with Crippen molar-refractivity contribution < 1.29 is 23.1 Å². The van der Waals surface area contributed by atoms with Gasteiger partial charge in [-0.25, -0.2) is 8.42 Å². The van der Waals surface area contributed by atoms with Crippen molar-refractivity contribution in [3.8, 4) is 5.75 Å². The third kappa shape index (κ3) is 5.18. The SMILES string of the molecule is CCCCS(=O)(=O)Cc1cccc(OCC[C@]23CCC4C5=C(CCC4C2CC[C@@H]3O)CC(=O)CC5)c1. The van der Waals surface area contributed by atoms with E-state index in [1.54, 1.807) is 5.57 Å². The molecule has 36 heavy (non-hydrogen) atoms. The maximum Gasteiger partial charge on any atom is 0.154 e. The number of fused-ring (bicyclic) bond motifs is 4. The number of allylic oxidation sites excluding steroid dienone is 2. The number of hydrogen-bond donors (Lipinski definition) is 1. The molecule has 4 aliphatic rings. The number of hydrogen-bond acceptors (Lipinski definition) is 5. The quantitative estimate of drug-likeness (QED) is 0.422. The number of sulfone groups is 1. The number of rotatable bonds is 9. The Bertz CT molecular complexity index is 1110. The standard InChI is InChI=1S/C30H42O5S/c1-2-3-17-36(33,34)20-21-5-4-6-24(18-21)35-16-15-30-14-13-26-25-10-8-23(31)19-22(25)7-9-27(26)28(30)11-12-29(30)32/h4-6,18,26-29,32H,2-3,7-17,19-20H2,1H3/t26?,27?,28?,29-,30+/m0/s1. The fourth-order valence-corrected chi connectivity index (χ4v) is 9.65. The maximum atomic E-state index is 12.4. The largest absolute Gasteiger partial charge is 0.494 e. The van der Waals surface area contributed by atoms with Crippen LogP contribution in [0.5, 0.6) is 5.75 Å². The lowest BCUT2D eigenvalue weighted by Crippen LogP contribution is -2.47. The van der Waals surface area contributed by atoms with Gasteiger partial charge in [-0.1, -0.05) is 36.6 Å². The molecule has 1 aromatic carbocycles. The summed E-state index contributed by atoms with van der Waals surface area (Å²) in [6.07, 6.45) is 10.8. The predicted molar refractivity (Wildman–Crippen MR) is 141 cm³/mol. The Morgan fingerprint density at radius 3 is 2.81 bits per heavy atom. The van der Waals surface area contributed by atoms with Crippen LogP contribution in [-0.2, 0) is 20.4 Å². The monoisotopic (exact) mass is 514 g/mol. The van der Waals surface area contributed by atoms with E-state index in [1.807, 2.05) is 31.2 Å². The minimum atomic E-state index is -3.11. The van der Waals surface area contributed by atoms with Gasteiger partial charge in [0.25, 0.3) is 0 Å². The molecule has 1 aromatic rings. The van der Waals surface area contributed by atoms with Crippen molar-refractivity contribution in [2.45, 2.75) is 95.8 Å². The summed E-state index contributed by atoms with van der Waals surface area (Å²) in [4.78, 5) is 12.0. The maximum absolute atomic E-state index is 12.4. The highest BCUT2D eigenvalue weighted by Crippen LogP contribution is 2.62. The minimum absolute atomic E-state index is 0.0570. The van der Waals surface area contributed by atoms with Gasteiger partial charge in [0.1, 0.15) is 11.5 Å². The Morgan fingerprint density at radius 1 is 1.11 bits per heavy atom. The molecule has 4 aliphatic carbocycles. The molecule has 0 spiro atoms. The number of aliphatic hydroxyl groups excluding tert-OH is 1. The molecule has 2 saturated carbocycles. The van der Waals surface area contributed by atoms with Crippen LogP contribution in [0.2, 0.25) is 0 Å². The van der Waals surface area contributed by atoms with Gasteiger partial charge in [0, 0.05) is 18.3 Å². The van der Waals surface area contributed by atoms with E-state index in [-0.39, 0.29) is 23.0 Å². The lowest BCUT2D eigenvalue weighted by atomic mass is 9.53. The second kappa shape index (κ2) is 10.6. The minimum Gasteiger partial charge on any atom is -0.494 e. The van der Waals surface area contributed by atoms with Gasteiger partial charge in [0.05, 0.1) is 24.2 Å². The highest BCUT2D eigenvalue weighted by Gasteiger charge is 2.57. The van der Waals surface area contributed by atoms with Crippen molar-refractivity contribution in [2.75, 3.05) is 12.4 Å². The highest BCUT2D eigenvalue weighted by atomic mass is 32.2. The summed E-state index contributed by atoms with van der Waals surface area (Å²) in [5.41, 5.74) is 3.74. The smallest absolute Gasteiger partial charge is 0.154 e. The molecule has 5 atom stereocenters. The number of carbonyl (C=O) groups excluding carboxylic acids is 1. The molecule has 3 unspecified atom stereocenters. The average molecular weight is 515 g/mol. The summed E-state index contributed by atoms with van der Waals surface area (Å²) in [5.74, 6) is 3.17. The molecule has 0 radical (unpaired) electrons. The third-order valence-electron chi connectivity index (χ3n) is 9.80. The van der Waals surface area contributed by atoms with Gasteiger partial charge in [0.2, 0.25) is 0 Å². The molecule has 0 heterocycles. The summed E-state index contributed by atoms with van der Waals surface area (Å²) in [7, 11) is -3.11. The fraction of sp³-hybridized carbons (Fsp3) is 0.700. The van der Waals surface area contributed by atoms with Crippen molar-refractivity contribution in [3.63, 3.8) is 0 Å². The van der Waals surface area contributed by atoms with Gasteiger partial charge < -0.3 is 9.84 Å². The van der Waals surface area contributed by atoms with Crippen LogP contribution in [0, 0.1) is 23.2 Å². The van der Waals surface area contributed by atoms with E-state index in [2.05, 4.69) is 0 Å². The van der Waals surface area contributed by atoms with E-state index in [9.17, 15) is 18.3 Å². The third-order valence-corrected chi connectivity index (χ3v) is 11.5. The van der Waals surface area contributed by atoms with Crippen molar-refractivity contribution in [3.05, 3.63) is 41.0 Å². The second-order valence-electron chi connectivity index (χ2n) is 11.8. The van der Waals surface area contributed by atoms with E-state index in [4.69, 9.17) is 4.74 Å². The Kier molecular flexibility index (Phi) is 7.65. The number of unbranched alkanes of at least 4 members (excludes halogenated alkanes) is 1. The van der Waals surface area contributed by atoms with E-state index in [0.717, 1.165) is 63.4 Å². The Labute approximate surface area is 216 Å². The molecule has 5 rings (SSSR count). The first-order valence-corrected chi connectivity index (χ1v) is 16.0. The molecule has 2 fully saturated rings. The second-order valence-corrected chi connectivity index (χ2v) is 14.0. The molecule has 0 bridgehead atoms. The number of aliphatic hydroxyl groups is 1. The van der Waals surface area contributed by atoms with Gasteiger partial charge in [-0.15, -0.1) is 0 Å². The normalized spacial score (nSPS) is 32.1. The van der Waals surface area contributed by atoms with Crippen LogP contribution >= 0.6 is 0 Å². The molecule has 5 nitrogen and oxygen atoms in total. The summed E-state index contributed by atoms with van der Waals surface area (Å²) in [5, 5.41) is 11.2.